The Hall–Kier alpha value is -1.00. The van der Waals surface area contributed by atoms with Crippen molar-refractivity contribution in [3.05, 3.63) is 23.3 Å². The van der Waals surface area contributed by atoms with Gasteiger partial charge in [-0.3, -0.25) is 9.59 Å². The van der Waals surface area contributed by atoms with Gasteiger partial charge in [0, 0.05) is 5.92 Å². The maximum Gasteiger partial charge on any atom is 0.184 e. The van der Waals surface area contributed by atoms with Gasteiger partial charge in [0.25, 0.3) is 0 Å². The SMILES string of the molecule is CC1=CC(=O)[C@@]2(C)C(C)=C[C@@H](O[Si](C)(C)C)C[C@H]2C1=O. The molecule has 20 heavy (non-hydrogen) atoms. The monoisotopic (exact) mass is 292 g/mol. The van der Waals surface area contributed by atoms with E-state index in [4.69, 9.17) is 4.43 Å². The van der Waals surface area contributed by atoms with Crippen molar-refractivity contribution < 1.29 is 14.0 Å². The zero-order valence-electron chi connectivity index (χ0n) is 13.2. The number of ketones is 2. The number of carbonyl (C=O) groups excluding carboxylic acids is 2. The third-order valence-corrected chi connectivity index (χ3v) is 5.50. The molecular formula is C16H24O3Si. The number of fused-ring (bicyclic) bond motifs is 1. The molecule has 0 saturated carbocycles. The highest BCUT2D eigenvalue weighted by molar-refractivity contribution is 6.69. The topological polar surface area (TPSA) is 43.4 Å². The fraction of sp³-hybridized carbons (Fsp3) is 0.625. The van der Waals surface area contributed by atoms with Crippen LogP contribution < -0.4 is 0 Å². The molecule has 0 aromatic rings. The molecule has 0 aromatic carbocycles. The summed E-state index contributed by atoms with van der Waals surface area (Å²) in [4.78, 5) is 24.9. The summed E-state index contributed by atoms with van der Waals surface area (Å²) in [5, 5.41) is 0. The van der Waals surface area contributed by atoms with Crippen LogP contribution in [-0.4, -0.2) is 26.0 Å². The average Bonchev–Trinajstić information content (AvgIpc) is 2.28. The van der Waals surface area contributed by atoms with E-state index < -0.39 is 13.7 Å². The second-order valence-electron chi connectivity index (χ2n) is 7.16. The lowest BCUT2D eigenvalue weighted by Crippen LogP contribution is -2.49. The van der Waals surface area contributed by atoms with Gasteiger partial charge >= 0.3 is 0 Å². The number of Topliss-reactive ketones (excluding diaryl/α,β-unsaturated/α-hetero) is 1. The predicted octanol–water partition coefficient (Wildman–Crippen LogP) is 3.28. The molecule has 0 heterocycles. The average molecular weight is 292 g/mol. The van der Waals surface area contributed by atoms with Gasteiger partial charge in [0.05, 0.1) is 11.5 Å². The molecule has 0 bridgehead atoms. The van der Waals surface area contributed by atoms with Crippen molar-refractivity contribution in [1.29, 1.82) is 0 Å². The minimum Gasteiger partial charge on any atom is -0.411 e. The standard InChI is InChI=1S/C16H24O3Si/c1-10-7-14(17)16(3)11(2)8-12(19-20(4,5)6)9-13(16)15(10)18/h7-8,12-13H,9H2,1-6H3/t12-,13+,16+/m1/s1. The van der Waals surface area contributed by atoms with Crippen molar-refractivity contribution in [1.82, 2.24) is 0 Å². The fourth-order valence-corrected chi connectivity index (χ4v) is 4.30. The minimum atomic E-state index is -1.67. The molecular weight excluding hydrogens is 268 g/mol. The third-order valence-electron chi connectivity index (χ3n) is 4.49. The van der Waals surface area contributed by atoms with Crippen LogP contribution in [0.1, 0.15) is 27.2 Å². The Kier molecular flexibility index (Phi) is 3.67. The second kappa shape index (κ2) is 4.78. The van der Waals surface area contributed by atoms with E-state index in [0.29, 0.717) is 12.0 Å². The van der Waals surface area contributed by atoms with E-state index in [0.717, 1.165) is 5.57 Å². The molecule has 0 spiro atoms. The number of rotatable bonds is 2. The van der Waals surface area contributed by atoms with Crippen LogP contribution in [0.4, 0.5) is 0 Å². The summed E-state index contributed by atoms with van der Waals surface area (Å²) in [6.07, 6.45) is 4.14. The summed E-state index contributed by atoms with van der Waals surface area (Å²) in [5.74, 6) is -0.116. The maximum absolute atomic E-state index is 12.5. The molecule has 0 fully saturated rings. The molecule has 0 aliphatic heterocycles. The molecule has 2 aliphatic carbocycles. The Morgan fingerprint density at radius 3 is 2.40 bits per heavy atom. The molecule has 2 aliphatic rings. The van der Waals surface area contributed by atoms with E-state index in [9.17, 15) is 9.59 Å². The number of allylic oxidation sites excluding steroid dienone is 3. The normalized spacial score (nSPS) is 34.5. The molecule has 0 radical (unpaired) electrons. The van der Waals surface area contributed by atoms with E-state index in [1.165, 1.54) is 6.08 Å². The first-order valence-electron chi connectivity index (χ1n) is 7.19. The summed E-state index contributed by atoms with van der Waals surface area (Å²) >= 11 is 0. The molecule has 0 N–H and O–H groups in total. The van der Waals surface area contributed by atoms with Crippen molar-refractivity contribution in [3.63, 3.8) is 0 Å². The molecule has 0 unspecified atom stereocenters. The summed E-state index contributed by atoms with van der Waals surface area (Å²) in [6, 6.07) is 0. The third kappa shape index (κ3) is 2.47. The van der Waals surface area contributed by atoms with Crippen molar-refractivity contribution in [2.45, 2.75) is 52.9 Å². The highest BCUT2D eigenvalue weighted by Crippen LogP contribution is 2.47. The molecule has 110 valence electrons. The first-order chi connectivity index (χ1) is 9.05. The highest BCUT2D eigenvalue weighted by atomic mass is 28.4. The largest absolute Gasteiger partial charge is 0.411 e. The molecule has 0 amide bonds. The minimum absolute atomic E-state index is 0.0395. The van der Waals surface area contributed by atoms with Crippen LogP contribution in [0.2, 0.25) is 19.6 Å². The van der Waals surface area contributed by atoms with Gasteiger partial charge in [0.1, 0.15) is 0 Å². The summed E-state index contributed by atoms with van der Waals surface area (Å²) in [5.41, 5.74) is 0.883. The number of carbonyl (C=O) groups is 2. The lowest BCUT2D eigenvalue weighted by atomic mass is 9.59. The molecule has 3 atom stereocenters. The van der Waals surface area contributed by atoms with Gasteiger partial charge in [-0.2, -0.15) is 0 Å². The van der Waals surface area contributed by atoms with Gasteiger partial charge in [-0.1, -0.05) is 11.6 Å². The van der Waals surface area contributed by atoms with Gasteiger partial charge in [-0.05, 0) is 58.5 Å². The molecule has 2 rings (SSSR count). The molecule has 4 heteroatoms. The smallest absolute Gasteiger partial charge is 0.184 e. The Bertz CT molecular complexity index is 524. The van der Waals surface area contributed by atoms with Crippen LogP contribution >= 0.6 is 0 Å². The zero-order chi connectivity index (χ0) is 15.3. The van der Waals surface area contributed by atoms with Crippen LogP contribution in [0.25, 0.3) is 0 Å². The van der Waals surface area contributed by atoms with Crippen LogP contribution in [0, 0.1) is 11.3 Å². The van der Waals surface area contributed by atoms with Crippen LogP contribution in [0.3, 0.4) is 0 Å². The Balaban J connectivity index is 2.41. The van der Waals surface area contributed by atoms with Crippen LogP contribution in [0.5, 0.6) is 0 Å². The van der Waals surface area contributed by atoms with Gasteiger partial charge in [-0.15, -0.1) is 0 Å². The Labute approximate surface area is 122 Å². The van der Waals surface area contributed by atoms with Crippen molar-refractivity contribution in [2.24, 2.45) is 11.3 Å². The molecule has 0 aromatic heterocycles. The second-order valence-corrected chi connectivity index (χ2v) is 11.6. The molecule has 3 nitrogen and oxygen atoms in total. The Morgan fingerprint density at radius 2 is 1.85 bits per heavy atom. The van der Waals surface area contributed by atoms with Gasteiger partial charge in [0.15, 0.2) is 19.9 Å². The highest BCUT2D eigenvalue weighted by Gasteiger charge is 2.51. The van der Waals surface area contributed by atoms with Crippen molar-refractivity contribution in [2.75, 3.05) is 0 Å². The van der Waals surface area contributed by atoms with Crippen LogP contribution in [-0.2, 0) is 14.0 Å². The van der Waals surface area contributed by atoms with E-state index in [1.54, 1.807) is 6.92 Å². The van der Waals surface area contributed by atoms with E-state index >= 15 is 0 Å². The van der Waals surface area contributed by atoms with E-state index in [1.807, 2.05) is 13.8 Å². The van der Waals surface area contributed by atoms with Crippen molar-refractivity contribution in [3.8, 4) is 0 Å². The van der Waals surface area contributed by atoms with Crippen LogP contribution in [0.15, 0.2) is 23.3 Å². The Morgan fingerprint density at radius 1 is 1.25 bits per heavy atom. The van der Waals surface area contributed by atoms with Gasteiger partial charge in [0.2, 0.25) is 0 Å². The van der Waals surface area contributed by atoms with Gasteiger partial charge < -0.3 is 4.43 Å². The van der Waals surface area contributed by atoms with Crippen molar-refractivity contribution >= 4 is 19.9 Å². The molecule has 0 saturated heterocycles. The predicted molar refractivity (Wildman–Crippen MR) is 82.0 cm³/mol. The van der Waals surface area contributed by atoms with Gasteiger partial charge in [-0.25, -0.2) is 0 Å². The van der Waals surface area contributed by atoms with E-state index in [-0.39, 0.29) is 23.6 Å². The lowest BCUT2D eigenvalue weighted by Gasteiger charge is -2.44. The first-order valence-corrected chi connectivity index (χ1v) is 10.6. The fourth-order valence-electron chi connectivity index (χ4n) is 3.23. The zero-order valence-corrected chi connectivity index (χ0v) is 14.2. The quantitative estimate of drug-likeness (QED) is 0.579. The first kappa shape index (κ1) is 15.4. The lowest BCUT2D eigenvalue weighted by molar-refractivity contribution is -0.135. The number of hydrogen-bond acceptors (Lipinski definition) is 3. The summed E-state index contributed by atoms with van der Waals surface area (Å²) in [7, 11) is -1.67. The summed E-state index contributed by atoms with van der Waals surface area (Å²) < 4.78 is 6.14. The van der Waals surface area contributed by atoms with E-state index in [2.05, 4.69) is 25.7 Å². The summed E-state index contributed by atoms with van der Waals surface area (Å²) in [6.45, 7) is 12.0. The number of hydrogen-bond donors (Lipinski definition) is 0. The maximum atomic E-state index is 12.5.